The minimum atomic E-state index is -0.707. The Balaban J connectivity index is 0. The van der Waals surface area contributed by atoms with Gasteiger partial charge in [-0.2, -0.15) is 0 Å². The van der Waals surface area contributed by atoms with E-state index in [0.29, 0.717) is 17.9 Å². The fourth-order valence-corrected chi connectivity index (χ4v) is 1.78. The number of ether oxygens (including phenoxy) is 1. The molecule has 0 radical (unpaired) electrons. The highest BCUT2D eigenvalue weighted by molar-refractivity contribution is 6.11. The molecule has 0 aliphatic heterocycles. The number of hydrogen-bond donors (Lipinski definition) is 3. The van der Waals surface area contributed by atoms with Crippen molar-refractivity contribution < 1.29 is 29.1 Å². The Hall–Kier alpha value is -2.69. The number of carbonyl (C=O) groups is 1. The Morgan fingerprint density at radius 2 is 1.70 bits per heavy atom. The zero-order valence-electron chi connectivity index (χ0n) is 10.8. The third-order valence-electron chi connectivity index (χ3n) is 2.80. The lowest BCUT2D eigenvalue weighted by molar-refractivity contribution is 0.103. The highest BCUT2D eigenvalue weighted by Gasteiger charge is 2.18. The van der Waals surface area contributed by atoms with Crippen LogP contribution >= 0.6 is 0 Å². The van der Waals surface area contributed by atoms with Gasteiger partial charge < -0.3 is 20.1 Å². The van der Waals surface area contributed by atoms with Crippen LogP contribution in [0.15, 0.2) is 36.4 Å². The van der Waals surface area contributed by atoms with Gasteiger partial charge in [-0.3, -0.25) is 4.79 Å². The SMILES string of the molecule is CCOc1ccc(C(=O)c2ccc(O)c(O)c2O)cc1.[HH].[HH].[HH]. The van der Waals surface area contributed by atoms with E-state index in [9.17, 15) is 20.1 Å². The molecule has 0 saturated carbocycles. The summed E-state index contributed by atoms with van der Waals surface area (Å²) >= 11 is 0. The van der Waals surface area contributed by atoms with Crippen molar-refractivity contribution in [1.82, 2.24) is 0 Å². The van der Waals surface area contributed by atoms with Gasteiger partial charge in [0, 0.05) is 9.84 Å². The van der Waals surface area contributed by atoms with E-state index in [1.165, 1.54) is 6.07 Å². The average Bonchev–Trinajstić information content (AvgIpc) is 2.45. The standard InChI is InChI=1S/C15H14O5.3H2/c1-2-20-10-5-3-9(4-6-10)13(17)11-7-8-12(16)15(19)14(11)18;;;/h3-8,16,18-19H,2H2,1H3;3*1H. The van der Waals surface area contributed by atoms with E-state index in [-0.39, 0.29) is 9.84 Å². The Kier molecular flexibility index (Phi) is 3.79. The second-order valence-electron chi connectivity index (χ2n) is 4.12. The van der Waals surface area contributed by atoms with Gasteiger partial charge in [0.25, 0.3) is 0 Å². The van der Waals surface area contributed by atoms with E-state index in [2.05, 4.69) is 0 Å². The first-order chi connectivity index (χ1) is 9.54. The summed E-state index contributed by atoms with van der Waals surface area (Å²) in [5.74, 6) is -1.64. The molecule has 0 aliphatic rings. The number of phenols is 3. The van der Waals surface area contributed by atoms with Gasteiger partial charge >= 0.3 is 0 Å². The normalized spacial score (nSPS) is 10.2. The highest BCUT2D eigenvalue weighted by Crippen LogP contribution is 2.37. The zero-order valence-corrected chi connectivity index (χ0v) is 10.8. The van der Waals surface area contributed by atoms with Crippen molar-refractivity contribution in [1.29, 1.82) is 0 Å². The van der Waals surface area contributed by atoms with Crippen molar-refractivity contribution in [2.24, 2.45) is 0 Å². The van der Waals surface area contributed by atoms with Crippen LogP contribution in [0.3, 0.4) is 0 Å². The maximum absolute atomic E-state index is 12.2. The summed E-state index contributed by atoms with van der Waals surface area (Å²) in [6.07, 6.45) is 0. The second-order valence-corrected chi connectivity index (χ2v) is 4.12. The minimum absolute atomic E-state index is 0. The first-order valence-corrected chi connectivity index (χ1v) is 6.06. The fraction of sp³-hybridized carbons (Fsp3) is 0.133. The van der Waals surface area contributed by atoms with Gasteiger partial charge in [0.2, 0.25) is 5.75 Å². The van der Waals surface area contributed by atoms with Gasteiger partial charge in [-0.15, -0.1) is 0 Å². The number of carbonyl (C=O) groups excluding carboxylic acids is 1. The number of ketones is 1. The Morgan fingerprint density at radius 1 is 1.05 bits per heavy atom. The van der Waals surface area contributed by atoms with Gasteiger partial charge in [0.1, 0.15) is 5.75 Å². The molecule has 2 rings (SSSR count). The molecule has 0 saturated heterocycles. The number of phenolic OH excluding ortho intramolecular Hbond substituents is 3. The van der Waals surface area contributed by atoms with Crippen LogP contribution in [0, 0.1) is 0 Å². The minimum Gasteiger partial charge on any atom is -0.504 e. The predicted molar refractivity (Wildman–Crippen MR) is 78.8 cm³/mol. The molecule has 20 heavy (non-hydrogen) atoms. The Labute approximate surface area is 120 Å². The van der Waals surface area contributed by atoms with Gasteiger partial charge in [-0.05, 0) is 43.3 Å². The number of benzene rings is 2. The molecule has 3 N–H and O–H groups in total. The first kappa shape index (κ1) is 13.7. The van der Waals surface area contributed by atoms with Crippen LogP contribution in [0.1, 0.15) is 27.1 Å². The van der Waals surface area contributed by atoms with Crippen LogP contribution in [0.4, 0.5) is 0 Å². The maximum atomic E-state index is 12.2. The summed E-state index contributed by atoms with van der Waals surface area (Å²) in [5.41, 5.74) is 0.262. The van der Waals surface area contributed by atoms with Gasteiger partial charge in [0.05, 0.1) is 12.2 Å². The summed E-state index contributed by atoms with van der Waals surface area (Å²) in [6.45, 7) is 2.39. The third kappa shape index (κ3) is 2.51. The fourth-order valence-electron chi connectivity index (χ4n) is 1.78. The molecular weight excluding hydrogens is 260 g/mol. The largest absolute Gasteiger partial charge is 0.504 e. The van der Waals surface area contributed by atoms with Crippen molar-refractivity contribution in [2.45, 2.75) is 6.92 Å². The molecule has 0 aromatic heterocycles. The third-order valence-corrected chi connectivity index (χ3v) is 2.80. The van der Waals surface area contributed by atoms with Crippen molar-refractivity contribution >= 4 is 5.78 Å². The van der Waals surface area contributed by atoms with Crippen molar-refractivity contribution in [2.75, 3.05) is 6.61 Å². The zero-order chi connectivity index (χ0) is 14.7. The van der Waals surface area contributed by atoms with Crippen molar-refractivity contribution in [3.8, 4) is 23.0 Å². The van der Waals surface area contributed by atoms with Crippen LogP contribution in [0.2, 0.25) is 0 Å². The quantitative estimate of drug-likeness (QED) is 0.591. The smallest absolute Gasteiger partial charge is 0.201 e. The molecule has 0 aliphatic carbocycles. The van der Waals surface area contributed by atoms with E-state index in [0.717, 1.165) is 6.07 Å². The van der Waals surface area contributed by atoms with E-state index in [1.54, 1.807) is 24.3 Å². The maximum Gasteiger partial charge on any atom is 0.201 e. The first-order valence-electron chi connectivity index (χ1n) is 6.06. The summed E-state index contributed by atoms with van der Waals surface area (Å²) in [6, 6.07) is 8.83. The lowest BCUT2D eigenvalue weighted by Crippen LogP contribution is -2.02. The monoisotopic (exact) mass is 280 g/mol. The topological polar surface area (TPSA) is 87.0 Å². The van der Waals surface area contributed by atoms with Crippen molar-refractivity contribution in [3.63, 3.8) is 0 Å². The van der Waals surface area contributed by atoms with Crippen LogP contribution in [0.5, 0.6) is 23.0 Å². The molecule has 110 valence electrons. The van der Waals surface area contributed by atoms with Gasteiger partial charge in [-0.1, -0.05) is 0 Å². The van der Waals surface area contributed by atoms with Gasteiger partial charge in [0.15, 0.2) is 17.3 Å². The van der Waals surface area contributed by atoms with Crippen LogP contribution in [-0.4, -0.2) is 27.7 Å². The summed E-state index contributed by atoms with van der Waals surface area (Å²) < 4.78 is 5.27. The molecular formula is C15H20O5. The van der Waals surface area contributed by atoms with E-state index in [4.69, 9.17) is 4.74 Å². The van der Waals surface area contributed by atoms with E-state index >= 15 is 0 Å². The van der Waals surface area contributed by atoms with Crippen LogP contribution in [0.25, 0.3) is 0 Å². The lowest BCUT2D eigenvalue weighted by Gasteiger charge is -2.08. The predicted octanol–water partition coefficient (Wildman–Crippen LogP) is 3.17. The molecule has 5 heteroatoms. The Morgan fingerprint density at radius 3 is 2.30 bits per heavy atom. The molecule has 2 aromatic carbocycles. The summed E-state index contributed by atoms with van der Waals surface area (Å²) in [4.78, 5) is 12.2. The molecule has 0 unspecified atom stereocenters. The average molecular weight is 280 g/mol. The van der Waals surface area contributed by atoms with Crippen LogP contribution < -0.4 is 4.74 Å². The summed E-state index contributed by atoms with van der Waals surface area (Å²) in [7, 11) is 0. The number of rotatable bonds is 4. The summed E-state index contributed by atoms with van der Waals surface area (Å²) in [5, 5.41) is 28.4. The van der Waals surface area contributed by atoms with Gasteiger partial charge in [-0.25, -0.2) is 0 Å². The molecule has 0 spiro atoms. The van der Waals surface area contributed by atoms with E-state index in [1.807, 2.05) is 6.92 Å². The number of hydrogen-bond acceptors (Lipinski definition) is 5. The molecule has 0 heterocycles. The molecule has 0 amide bonds. The second kappa shape index (κ2) is 5.52. The van der Waals surface area contributed by atoms with Crippen molar-refractivity contribution in [3.05, 3.63) is 47.5 Å². The molecule has 0 bridgehead atoms. The lowest BCUT2D eigenvalue weighted by atomic mass is 10.0. The number of aromatic hydroxyl groups is 3. The molecule has 5 nitrogen and oxygen atoms in total. The molecule has 2 aromatic rings. The van der Waals surface area contributed by atoms with Crippen LogP contribution in [-0.2, 0) is 0 Å². The highest BCUT2D eigenvalue weighted by atomic mass is 16.5. The molecule has 0 atom stereocenters. The van der Waals surface area contributed by atoms with E-state index < -0.39 is 23.0 Å². The Bertz CT molecular complexity index is 644. The molecule has 0 fully saturated rings.